The summed E-state index contributed by atoms with van der Waals surface area (Å²) in [4.78, 5) is 12.7. The third-order valence-electron chi connectivity index (χ3n) is 5.64. The third kappa shape index (κ3) is 4.20. The van der Waals surface area contributed by atoms with Crippen LogP contribution in [-0.2, 0) is 0 Å². The number of ether oxygens (including phenoxy) is 3. The maximum Gasteiger partial charge on any atom is 0.410 e. The zero-order valence-corrected chi connectivity index (χ0v) is 18.1. The Morgan fingerprint density at radius 2 is 1.94 bits per heavy atom. The highest BCUT2D eigenvalue weighted by molar-refractivity contribution is 6.03. The number of alkyl halides is 3. The van der Waals surface area contributed by atoms with E-state index < -0.39 is 24.2 Å². The summed E-state index contributed by atoms with van der Waals surface area (Å²) in [7, 11) is 0. The van der Waals surface area contributed by atoms with E-state index in [0.29, 0.717) is 35.1 Å². The van der Waals surface area contributed by atoms with Gasteiger partial charge < -0.3 is 24.8 Å². The molecule has 2 N–H and O–H groups in total. The lowest BCUT2D eigenvalue weighted by Gasteiger charge is -2.33. The molecule has 3 heterocycles. The second-order valence-corrected chi connectivity index (χ2v) is 7.87. The van der Waals surface area contributed by atoms with Crippen molar-refractivity contribution in [2.24, 2.45) is 0 Å². The summed E-state index contributed by atoms with van der Waals surface area (Å²) < 4.78 is 58.7. The minimum atomic E-state index is -4.56. The van der Waals surface area contributed by atoms with Gasteiger partial charge in [-0.3, -0.25) is 4.79 Å². The number of amides is 1. The van der Waals surface area contributed by atoms with Gasteiger partial charge in [-0.1, -0.05) is 6.07 Å². The lowest BCUT2D eigenvalue weighted by Crippen LogP contribution is -2.35. The molecule has 0 radical (unpaired) electrons. The molecule has 3 aromatic rings. The standard InChI is InChI=1S/C23H21F3N4O4/c1-2-32-15-6-4-14(5-7-15)27-22(31)17-11-21-28-16(10-20(23(24,25)26)30(21)29-17)13-3-8-18-19(9-13)34-12-33-18/h3-9,11,16,20,28H,2,10,12H2,1H3,(H,27,31)/t16-,20-/m1/s1. The smallest absolute Gasteiger partial charge is 0.410 e. The molecular weight excluding hydrogens is 453 g/mol. The lowest BCUT2D eigenvalue weighted by molar-refractivity contribution is -0.173. The Labute approximate surface area is 192 Å². The summed E-state index contributed by atoms with van der Waals surface area (Å²) in [5.74, 6) is 1.16. The minimum absolute atomic E-state index is 0.0711. The van der Waals surface area contributed by atoms with Gasteiger partial charge in [-0.15, -0.1) is 0 Å². The number of benzene rings is 2. The van der Waals surface area contributed by atoms with Crippen LogP contribution in [0.5, 0.6) is 17.2 Å². The Bertz CT molecular complexity index is 1210. The van der Waals surface area contributed by atoms with Crippen LogP contribution < -0.4 is 24.8 Å². The Hall–Kier alpha value is -3.89. The molecule has 34 heavy (non-hydrogen) atoms. The van der Waals surface area contributed by atoms with Crippen molar-refractivity contribution in [2.75, 3.05) is 24.0 Å². The van der Waals surface area contributed by atoms with E-state index in [1.807, 2.05) is 6.92 Å². The van der Waals surface area contributed by atoms with Crippen molar-refractivity contribution in [1.82, 2.24) is 9.78 Å². The maximum absolute atomic E-state index is 13.9. The highest BCUT2D eigenvalue weighted by Crippen LogP contribution is 2.45. The molecule has 8 nitrogen and oxygen atoms in total. The van der Waals surface area contributed by atoms with Crippen molar-refractivity contribution in [3.63, 3.8) is 0 Å². The van der Waals surface area contributed by atoms with Crippen molar-refractivity contribution < 1.29 is 32.2 Å². The van der Waals surface area contributed by atoms with Crippen LogP contribution in [0, 0.1) is 0 Å². The summed E-state index contributed by atoms with van der Waals surface area (Å²) in [5.41, 5.74) is 0.960. The van der Waals surface area contributed by atoms with Gasteiger partial charge in [-0.05, 0) is 48.9 Å². The molecular formula is C23H21F3N4O4. The topological polar surface area (TPSA) is 86.6 Å². The van der Waals surface area contributed by atoms with Crippen molar-refractivity contribution in [3.8, 4) is 17.2 Å². The first-order chi connectivity index (χ1) is 16.3. The van der Waals surface area contributed by atoms with Crippen LogP contribution in [0.3, 0.4) is 0 Å². The van der Waals surface area contributed by atoms with Gasteiger partial charge in [-0.25, -0.2) is 4.68 Å². The van der Waals surface area contributed by atoms with Gasteiger partial charge in [0.1, 0.15) is 11.6 Å². The summed E-state index contributed by atoms with van der Waals surface area (Å²) in [6.45, 7) is 2.43. The third-order valence-corrected chi connectivity index (χ3v) is 5.64. The second-order valence-electron chi connectivity index (χ2n) is 7.87. The molecule has 2 atom stereocenters. The molecule has 1 aromatic heterocycles. The van der Waals surface area contributed by atoms with Crippen LogP contribution in [0.2, 0.25) is 0 Å². The molecule has 0 fully saturated rings. The zero-order chi connectivity index (χ0) is 23.9. The molecule has 0 unspecified atom stereocenters. The number of fused-ring (bicyclic) bond motifs is 2. The Morgan fingerprint density at radius 3 is 2.68 bits per heavy atom. The Kier molecular flexibility index (Phi) is 5.46. The van der Waals surface area contributed by atoms with Gasteiger partial charge in [0.05, 0.1) is 12.6 Å². The Morgan fingerprint density at radius 1 is 1.18 bits per heavy atom. The van der Waals surface area contributed by atoms with E-state index in [1.165, 1.54) is 6.07 Å². The normalized spacial score (nSPS) is 18.7. The van der Waals surface area contributed by atoms with E-state index in [-0.39, 0.29) is 24.7 Å². The molecule has 0 saturated carbocycles. The number of nitrogens with zero attached hydrogens (tertiary/aromatic N) is 2. The number of aromatic nitrogens is 2. The quantitative estimate of drug-likeness (QED) is 0.546. The van der Waals surface area contributed by atoms with Crippen molar-refractivity contribution >= 4 is 17.4 Å². The first-order valence-corrected chi connectivity index (χ1v) is 10.7. The molecule has 178 valence electrons. The van der Waals surface area contributed by atoms with Crippen LogP contribution in [0.15, 0.2) is 48.5 Å². The van der Waals surface area contributed by atoms with E-state index in [0.717, 1.165) is 4.68 Å². The summed E-state index contributed by atoms with van der Waals surface area (Å²) >= 11 is 0. The first-order valence-electron chi connectivity index (χ1n) is 10.7. The van der Waals surface area contributed by atoms with E-state index in [1.54, 1.807) is 42.5 Å². The number of carbonyl (C=O) groups is 1. The van der Waals surface area contributed by atoms with Gasteiger partial charge in [0.2, 0.25) is 6.79 Å². The predicted octanol–water partition coefficient (Wildman–Crippen LogP) is 4.92. The number of rotatable bonds is 5. The van der Waals surface area contributed by atoms with Crippen LogP contribution in [-0.4, -0.2) is 35.3 Å². The fourth-order valence-corrected chi connectivity index (χ4v) is 4.03. The molecule has 5 rings (SSSR count). The molecule has 0 saturated heterocycles. The molecule has 2 aromatic carbocycles. The van der Waals surface area contributed by atoms with Gasteiger partial charge in [0.15, 0.2) is 23.2 Å². The van der Waals surface area contributed by atoms with E-state index >= 15 is 0 Å². The highest BCUT2D eigenvalue weighted by Gasteiger charge is 2.47. The summed E-state index contributed by atoms with van der Waals surface area (Å²) in [6.07, 6.45) is -4.85. The number of hydrogen-bond acceptors (Lipinski definition) is 6. The minimum Gasteiger partial charge on any atom is -0.494 e. The Balaban J connectivity index is 1.39. The summed E-state index contributed by atoms with van der Waals surface area (Å²) in [5, 5.41) is 9.71. The monoisotopic (exact) mass is 474 g/mol. The zero-order valence-electron chi connectivity index (χ0n) is 18.1. The van der Waals surface area contributed by atoms with Gasteiger partial charge in [0, 0.05) is 18.2 Å². The summed E-state index contributed by atoms with van der Waals surface area (Å²) in [6, 6.07) is 10.5. The number of nitrogens with one attached hydrogen (secondary N) is 2. The fraction of sp³-hybridized carbons (Fsp3) is 0.304. The van der Waals surface area contributed by atoms with Gasteiger partial charge >= 0.3 is 6.18 Å². The number of anilines is 2. The molecule has 0 spiro atoms. The predicted molar refractivity (Wildman–Crippen MR) is 116 cm³/mol. The molecule has 11 heteroatoms. The number of hydrogen-bond donors (Lipinski definition) is 2. The van der Waals surface area contributed by atoms with Crippen LogP contribution >= 0.6 is 0 Å². The average molecular weight is 474 g/mol. The van der Waals surface area contributed by atoms with E-state index in [2.05, 4.69) is 15.7 Å². The average Bonchev–Trinajstić information content (AvgIpc) is 3.45. The van der Waals surface area contributed by atoms with E-state index in [4.69, 9.17) is 14.2 Å². The fourth-order valence-electron chi connectivity index (χ4n) is 4.03. The molecule has 1 amide bonds. The molecule has 0 bridgehead atoms. The van der Waals surface area contributed by atoms with Crippen LogP contribution in [0.25, 0.3) is 0 Å². The van der Waals surface area contributed by atoms with Gasteiger partial charge in [-0.2, -0.15) is 18.3 Å². The molecule has 2 aliphatic rings. The second kappa shape index (κ2) is 8.47. The highest BCUT2D eigenvalue weighted by atomic mass is 19.4. The SMILES string of the molecule is CCOc1ccc(NC(=O)c2cc3n(n2)[C@@H](C(F)(F)F)C[C@H](c2ccc4c(c2)OCO4)N3)cc1. The molecule has 0 aliphatic carbocycles. The largest absolute Gasteiger partial charge is 0.494 e. The first kappa shape index (κ1) is 21.9. The van der Waals surface area contributed by atoms with Crippen LogP contribution in [0.4, 0.5) is 24.7 Å². The van der Waals surface area contributed by atoms with Crippen LogP contribution in [0.1, 0.15) is 41.5 Å². The number of halogens is 3. The van der Waals surface area contributed by atoms with Crippen molar-refractivity contribution in [3.05, 3.63) is 59.8 Å². The van der Waals surface area contributed by atoms with Crippen molar-refractivity contribution in [2.45, 2.75) is 31.6 Å². The van der Waals surface area contributed by atoms with Gasteiger partial charge in [0.25, 0.3) is 5.91 Å². The van der Waals surface area contributed by atoms with E-state index in [9.17, 15) is 18.0 Å². The number of carbonyl (C=O) groups excluding carboxylic acids is 1. The van der Waals surface area contributed by atoms with Crippen molar-refractivity contribution in [1.29, 1.82) is 0 Å². The lowest BCUT2D eigenvalue weighted by atomic mass is 9.96. The molecule has 2 aliphatic heterocycles. The maximum atomic E-state index is 13.9.